The minimum absolute atomic E-state index is 0.0953. The maximum absolute atomic E-state index is 11.1. The molecule has 6 heteroatoms. The number of esters is 1. The highest BCUT2D eigenvalue weighted by atomic mass is 16.5. The van der Waals surface area contributed by atoms with Gasteiger partial charge >= 0.3 is 12.0 Å². The van der Waals surface area contributed by atoms with E-state index in [1.165, 1.54) is 7.11 Å². The maximum atomic E-state index is 11.1. The van der Waals surface area contributed by atoms with Crippen molar-refractivity contribution in [2.45, 2.75) is 12.5 Å². The van der Waals surface area contributed by atoms with E-state index in [0.29, 0.717) is 26.1 Å². The first-order valence-electron chi connectivity index (χ1n) is 4.51. The van der Waals surface area contributed by atoms with E-state index in [9.17, 15) is 9.59 Å². The number of urea groups is 1. The van der Waals surface area contributed by atoms with Crippen molar-refractivity contribution < 1.29 is 14.3 Å². The lowest BCUT2D eigenvalue weighted by Gasteiger charge is -2.16. The van der Waals surface area contributed by atoms with Crippen molar-refractivity contribution in [1.29, 1.82) is 0 Å². The molecule has 0 aromatic carbocycles. The van der Waals surface area contributed by atoms with E-state index >= 15 is 0 Å². The summed E-state index contributed by atoms with van der Waals surface area (Å²) >= 11 is 0. The van der Waals surface area contributed by atoms with Gasteiger partial charge in [-0.05, 0) is 6.42 Å². The predicted octanol–water partition coefficient (Wildman–Crippen LogP) is -1.10. The average molecular weight is 201 g/mol. The van der Waals surface area contributed by atoms with Crippen molar-refractivity contribution >= 4 is 12.0 Å². The molecular formula is C8H15N3O3. The number of nitrogens with zero attached hydrogens (tertiary/aromatic N) is 1. The SMILES string of the molecule is COC(=O)C(N)CCN1CCNC1=O. The molecule has 14 heavy (non-hydrogen) atoms. The van der Waals surface area contributed by atoms with E-state index in [4.69, 9.17) is 5.73 Å². The van der Waals surface area contributed by atoms with Crippen LogP contribution in [-0.2, 0) is 9.53 Å². The maximum Gasteiger partial charge on any atom is 0.322 e. The minimum atomic E-state index is -0.645. The molecule has 0 bridgehead atoms. The van der Waals surface area contributed by atoms with Crippen molar-refractivity contribution in [3.8, 4) is 0 Å². The summed E-state index contributed by atoms with van der Waals surface area (Å²) in [5.74, 6) is -0.440. The van der Waals surface area contributed by atoms with Gasteiger partial charge in [-0.3, -0.25) is 4.79 Å². The molecule has 6 nitrogen and oxygen atoms in total. The van der Waals surface area contributed by atoms with Crippen LogP contribution in [0.3, 0.4) is 0 Å². The monoisotopic (exact) mass is 201 g/mol. The van der Waals surface area contributed by atoms with Gasteiger partial charge in [0, 0.05) is 19.6 Å². The Morgan fingerprint density at radius 2 is 2.50 bits per heavy atom. The predicted molar refractivity (Wildman–Crippen MR) is 49.6 cm³/mol. The number of nitrogens with one attached hydrogen (secondary N) is 1. The van der Waals surface area contributed by atoms with Crippen LogP contribution in [0.25, 0.3) is 0 Å². The third-order valence-electron chi connectivity index (χ3n) is 2.16. The third kappa shape index (κ3) is 2.59. The van der Waals surface area contributed by atoms with Gasteiger partial charge in [-0.1, -0.05) is 0 Å². The van der Waals surface area contributed by atoms with Gasteiger partial charge in [-0.15, -0.1) is 0 Å². The molecule has 0 spiro atoms. The Balaban J connectivity index is 2.26. The zero-order valence-corrected chi connectivity index (χ0v) is 8.16. The second kappa shape index (κ2) is 4.80. The highest BCUT2D eigenvalue weighted by Crippen LogP contribution is 2.00. The Labute approximate surface area is 82.4 Å². The Morgan fingerprint density at radius 3 is 3.00 bits per heavy atom. The lowest BCUT2D eigenvalue weighted by atomic mass is 10.2. The second-order valence-electron chi connectivity index (χ2n) is 3.14. The molecule has 1 aliphatic heterocycles. The molecular weight excluding hydrogens is 186 g/mol. The quantitative estimate of drug-likeness (QED) is 0.565. The van der Waals surface area contributed by atoms with Gasteiger partial charge in [-0.25, -0.2) is 4.79 Å². The molecule has 1 unspecified atom stereocenters. The Morgan fingerprint density at radius 1 is 1.79 bits per heavy atom. The molecule has 2 amide bonds. The first-order chi connectivity index (χ1) is 6.65. The van der Waals surface area contributed by atoms with Crippen molar-refractivity contribution in [3.63, 3.8) is 0 Å². The van der Waals surface area contributed by atoms with Crippen LogP contribution in [0.1, 0.15) is 6.42 Å². The molecule has 0 saturated carbocycles. The van der Waals surface area contributed by atoms with Crippen LogP contribution in [0, 0.1) is 0 Å². The lowest BCUT2D eigenvalue weighted by molar-refractivity contribution is -0.142. The summed E-state index contributed by atoms with van der Waals surface area (Å²) in [6.45, 7) is 1.82. The number of carbonyl (C=O) groups excluding carboxylic acids is 2. The van der Waals surface area contributed by atoms with Gasteiger partial charge in [-0.2, -0.15) is 0 Å². The van der Waals surface area contributed by atoms with Gasteiger partial charge in [0.05, 0.1) is 7.11 Å². The second-order valence-corrected chi connectivity index (χ2v) is 3.14. The number of rotatable bonds is 4. The summed E-state index contributed by atoms with van der Waals surface area (Å²) in [6, 6.07) is -0.740. The van der Waals surface area contributed by atoms with E-state index in [0.717, 1.165) is 0 Å². The van der Waals surface area contributed by atoms with E-state index in [-0.39, 0.29) is 6.03 Å². The van der Waals surface area contributed by atoms with E-state index in [1.807, 2.05) is 0 Å². The topological polar surface area (TPSA) is 84.7 Å². The average Bonchev–Trinajstić information content (AvgIpc) is 2.59. The molecule has 80 valence electrons. The van der Waals surface area contributed by atoms with Gasteiger partial charge in [0.2, 0.25) is 0 Å². The highest BCUT2D eigenvalue weighted by Gasteiger charge is 2.21. The van der Waals surface area contributed by atoms with Crippen LogP contribution >= 0.6 is 0 Å². The molecule has 1 fully saturated rings. The minimum Gasteiger partial charge on any atom is -0.468 e. The van der Waals surface area contributed by atoms with Gasteiger partial charge in [0.1, 0.15) is 6.04 Å². The van der Waals surface area contributed by atoms with E-state index in [1.54, 1.807) is 4.90 Å². The molecule has 1 heterocycles. The van der Waals surface area contributed by atoms with Crippen LogP contribution in [-0.4, -0.2) is 49.7 Å². The van der Waals surface area contributed by atoms with Gasteiger partial charge in [0.25, 0.3) is 0 Å². The number of hydrogen-bond donors (Lipinski definition) is 2. The van der Waals surface area contributed by atoms with Gasteiger partial charge in [0.15, 0.2) is 0 Å². The summed E-state index contributed by atoms with van der Waals surface area (Å²) in [4.78, 5) is 23.6. The van der Waals surface area contributed by atoms with Crippen molar-refractivity contribution in [1.82, 2.24) is 10.2 Å². The zero-order valence-electron chi connectivity index (χ0n) is 8.16. The Bertz CT molecular complexity index is 232. The molecule has 1 aliphatic rings. The van der Waals surface area contributed by atoms with Crippen molar-refractivity contribution in [3.05, 3.63) is 0 Å². The summed E-state index contributed by atoms with van der Waals surface area (Å²) in [7, 11) is 1.30. The standard InChI is InChI=1S/C8H15N3O3/c1-14-7(12)6(9)2-4-11-5-3-10-8(11)13/h6H,2-5,9H2,1H3,(H,10,13). The van der Waals surface area contributed by atoms with Crippen molar-refractivity contribution in [2.24, 2.45) is 5.73 Å². The molecule has 1 atom stereocenters. The largest absolute Gasteiger partial charge is 0.468 e. The normalized spacial score (nSPS) is 17.9. The molecule has 1 saturated heterocycles. The fraction of sp³-hybridized carbons (Fsp3) is 0.750. The first kappa shape index (κ1) is 10.8. The first-order valence-corrected chi connectivity index (χ1v) is 4.51. The molecule has 1 rings (SSSR count). The number of ether oxygens (including phenoxy) is 1. The van der Waals surface area contributed by atoms with Crippen LogP contribution in [0.4, 0.5) is 4.79 Å². The molecule has 0 aromatic heterocycles. The highest BCUT2D eigenvalue weighted by molar-refractivity contribution is 5.77. The number of methoxy groups -OCH3 is 1. The molecule has 3 N–H and O–H groups in total. The Kier molecular flexibility index (Phi) is 3.70. The lowest BCUT2D eigenvalue weighted by Crippen LogP contribution is -2.37. The molecule has 0 aliphatic carbocycles. The van der Waals surface area contributed by atoms with Crippen LogP contribution in [0.2, 0.25) is 0 Å². The number of hydrogen-bond acceptors (Lipinski definition) is 4. The van der Waals surface area contributed by atoms with E-state index in [2.05, 4.69) is 10.1 Å². The van der Waals surface area contributed by atoms with Crippen LogP contribution < -0.4 is 11.1 Å². The number of carbonyl (C=O) groups is 2. The van der Waals surface area contributed by atoms with Gasteiger partial charge < -0.3 is 20.7 Å². The number of amides is 2. The Hall–Kier alpha value is -1.30. The smallest absolute Gasteiger partial charge is 0.322 e. The third-order valence-corrected chi connectivity index (χ3v) is 2.16. The summed E-state index contributed by atoms with van der Waals surface area (Å²) in [5.41, 5.74) is 5.52. The summed E-state index contributed by atoms with van der Waals surface area (Å²) < 4.78 is 4.47. The number of nitrogens with two attached hydrogens (primary N) is 1. The fourth-order valence-corrected chi connectivity index (χ4v) is 1.29. The van der Waals surface area contributed by atoms with Crippen LogP contribution in [0.5, 0.6) is 0 Å². The van der Waals surface area contributed by atoms with E-state index < -0.39 is 12.0 Å². The molecule has 0 radical (unpaired) electrons. The zero-order chi connectivity index (χ0) is 10.6. The summed E-state index contributed by atoms with van der Waals surface area (Å²) in [6.07, 6.45) is 0.431. The fourth-order valence-electron chi connectivity index (χ4n) is 1.29. The summed E-state index contributed by atoms with van der Waals surface area (Å²) in [5, 5.41) is 2.67. The van der Waals surface area contributed by atoms with Crippen LogP contribution in [0.15, 0.2) is 0 Å². The molecule has 0 aromatic rings. The van der Waals surface area contributed by atoms with Crippen molar-refractivity contribution in [2.75, 3.05) is 26.7 Å².